The quantitative estimate of drug-likeness (QED) is 0.799. The van der Waals surface area contributed by atoms with Crippen molar-refractivity contribution < 1.29 is 4.74 Å². The number of hydrogen-bond acceptors (Lipinski definition) is 3. The molecule has 0 aromatic heterocycles. The van der Waals surface area contributed by atoms with Gasteiger partial charge in [-0.05, 0) is 38.1 Å². The lowest BCUT2D eigenvalue weighted by Gasteiger charge is -2.34. The molecule has 0 amide bonds. The minimum absolute atomic E-state index is 0.433. The Morgan fingerprint density at radius 3 is 2.59 bits per heavy atom. The van der Waals surface area contributed by atoms with Gasteiger partial charge >= 0.3 is 0 Å². The second-order valence-corrected chi connectivity index (χ2v) is 5.70. The second-order valence-electron chi connectivity index (χ2n) is 5.70. The maximum atomic E-state index is 6.23. The summed E-state index contributed by atoms with van der Waals surface area (Å²) >= 11 is 0. The predicted molar refractivity (Wildman–Crippen MR) is 71.0 cm³/mol. The van der Waals surface area contributed by atoms with Crippen molar-refractivity contribution in [2.24, 2.45) is 11.7 Å². The van der Waals surface area contributed by atoms with Gasteiger partial charge in [0.25, 0.3) is 0 Å². The Morgan fingerprint density at radius 2 is 1.94 bits per heavy atom. The lowest BCUT2D eigenvalue weighted by Crippen LogP contribution is -2.43. The highest BCUT2D eigenvalue weighted by molar-refractivity contribution is 4.81. The minimum Gasteiger partial charge on any atom is -0.377 e. The van der Waals surface area contributed by atoms with Gasteiger partial charge in [-0.15, -0.1) is 0 Å². The molecule has 2 rings (SSSR count). The molecule has 1 saturated heterocycles. The van der Waals surface area contributed by atoms with Crippen LogP contribution >= 0.6 is 0 Å². The number of ether oxygens (including phenoxy) is 1. The molecule has 2 aliphatic rings. The van der Waals surface area contributed by atoms with Crippen molar-refractivity contribution >= 4 is 0 Å². The monoisotopic (exact) mass is 240 g/mol. The zero-order chi connectivity index (χ0) is 12.1. The van der Waals surface area contributed by atoms with Gasteiger partial charge in [-0.1, -0.05) is 19.8 Å². The first-order chi connectivity index (χ1) is 8.29. The van der Waals surface area contributed by atoms with Crippen molar-refractivity contribution in [3.8, 4) is 0 Å². The SMILES string of the molecule is CCN(CC1CCCO1)CC1CCCCC1N. The van der Waals surface area contributed by atoms with Crippen molar-refractivity contribution in [2.45, 2.75) is 57.6 Å². The molecular weight excluding hydrogens is 212 g/mol. The zero-order valence-corrected chi connectivity index (χ0v) is 11.2. The van der Waals surface area contributed by atoms with Gasteiger partial charge in [0.15, 0.2) is 0 Å². The van der Waals surface area contributed by atoms with Gasteiger partial charge in [-0.2, -0.15) is 0 Å². The van der Waals surface area contributed by atoms with E-state index in [2.05, 4.69) is 11.8 Å². The fourth-order valence-corrected chi connectivity index (χ4v) is 3.20. The molecule has 1 aliphatic heterocycles. The Labute approximate surface area is 106 Å². The van der Waals surface area contributed by atoms with Gasteiger partial charge in [0.2, 0.25) is 0 Å². The third-order valence-electron chi connectivity index (χ3n) is 4.39. The van der Waals surface area contributed by atoms with Crippen LogP contribution in [0.15, 0.2) is 0 Å². The van der Waals surface area contributed by atoms with Gasteiger partial charge in [-0.25, -0.2) is 0 Å². The average molecular weight is 240 g/mol. The van der Waals surface area contributed by atoms with Crippen molar-refractivity contribution in [1.29, 1.82) is 0 Å². The number of nitrogens with two attached hydrogens (primary N) is 1. The largest absolute Gasteiger partial charge is 0.377 e. The van der Waals surface area contributed by atoms with E-state index in [1.54, 1.807) is 0 Å². The number of rotatable bonds is 5. The molecule has 17 heavy (non-hydrogen) atoms. The Balaban J connectivity index is 1.76. The average Bonchev–Trinajstić information content (AvgIpc) is 2.84. The maximum absolute atomic E-state index is 6.23. The molecule has 2 N–H and O–H groups in total. The highest BCUT2D eigenvalue weighted by Crippen LogP contribution is 2.24. The van der Waals surface area contributed by atoms with Crippen LogP contribution in [0.5, 0.6) is 0 Å². The van der Waals surface area contributed by atoms with Crippen LogP contribution in [0, 0.1) is 5.92 Å². The first-order valence-electron chi connectivity index (χ1n) is 7.39. The summed E-state index contributed by atoms with van der Waals surface area (Å²) in [5, 5.41) is 0. The molecule has 3 unspecified atom stereocenters. The van der Waals surface area contributed by atoms with Crippen LogP contribution in [0.1, 0.15) is 45.4 Å². The van der Waals surface area contributed by atoms with Crippen molar-refractivity contribution in [1.82, 2.24) is 4.90 Å². The number of hydrogen-bond donors (Lipinski definition) is 1. The Hall–Kier alpha value is -0.120. The summed E-state index contributed by atoms with van der Waals surface area (Å²) in [7, 11) is 0. The molecule has 0 spiro atoms. The standard InChI is InChI=1S/C14H28N2O/c1-2-16(11-13-7-5-9-17-13)10-12-6-3-4-8-14(12)15/h12-14H,2-11,15H2,1H3. The van der Waals surface area contributed by atoms with E-state index in [1.165, 1.54) is 45.1 Å². The lowest BCUT2D eigenvalue weighted by molar-refractivity contribution is 0.0649. The number of nitrogens with zero attached hydrogens (tertiary/aromatic N) is 1. The van der Waals surface area contributed by atoms with Crippen LogP contribution in [0.2, 0.25) is 0 Å². The van der Waals surface area contributed by atoms with E-state index >= 15 is 0 Å². The zero-order valence-electron chi connectivity index (χ0n) is 11.2. The molecule has 3 nitrogen and oxygen atoms in total. The Kier molecular flexibility index (Phi) is 5.26. The van der Waals surface area contributed by atoms with Gasteiger partial charge in [0.05, 0.1) is 6.10 Å². The van der Waals surface area contributed by atoms with Gasteiger partial charge in [0, 0.05) is 25.7 Å². The highest BCUT2D eigenvalue weighted by Gasteiger charge is 2.25. The summed E-state index contributed by atoms with van der Waals surface area (Å²) in [5.74, 6) is 0.713. The van der Waals surface area contributed by atoms with E-state index in [0.29, 0.717) is 18.1 Å². The molecule has 3 heteroatoms. The lowest BCUT2D eigenvalue weighted by atomic mass is 9.84. The first-order valence-corrected chi connectivity index (χ1v) is 7.39. The van der Waals surface area contributed by atoms with E-state index < -0.39 is 0 Å². The summed E-state index contributed by atoms with van der Waals surface area (Å²) in [6, 6.07) is 0.433. The third-order valence-corrected chi connectivity index (χ3v) is 4.39. The minimum atomic E-state index is 0.433. The van der Waals surface area contributed by atoms with Crippen LogP contribution in [-0.4, -0.2) is 43.3 Å². The number of likely N-dealkylation sites (N-methyl/N-ethyl adjacent to an activating group) is 1. The molecule has 100 valence electrons. The molecule has 1 aliphatic carbocycles. The van der Waals surface area contributed by atoms with Crippen LogP contribution in [0.4, 0.5) is 0 Å². The van der Waals surface area contributed by atoms with Crippen LogP contribution in [0.25, 0.3) is 0 Å². The summed E-state index contributed by atoms with van der Waals surface area (Å²) in [5.41, 5.74) is 6.23. The summed E-state index contributed by atoms with van der Waals surface area (Å²) in [4.78, 5) is 2.55. The topological polar surface area (TPSA) is 38.5 Å². The van der Waals surface area contributed by atoms with Gasteiger partial charge in [0.1, 0.15) is 0 Å². The summed E-state index contributed by atoms with van der Waals surface area (Å²) < 4.78 is 5.73. The van der Waals surface area contributed by atoms with Gasteiger partial charge < -0.3 is 15.4 Å². The van der Waals surface area contributed by atoms with Crippen LogP contribution < -0.4 is 5.73 Å². The van der Waals surface area contributed by atoms with E-state index in [1.807, 2.05) is 0 Å². The van der Waals surface area contributed by atoms with E-state index in [0.717, 1.165) is 19.7 Å². The fraction of sp³-hybridized carbons (Fsp3) is 1.00. The highest BCUT2D eigenvalue weighted by atomic mass is 16.5. The predicted octanol–water partition coefficient (Wildman–Crippen LogP) is 2.00. The summed E-state index contributed by atoms with van der Waals surface area (Å²) in [6.07, 6.45) is 8.21. The van der Waals surface area contributed by atoms with Crippen molar-refractivity contribution in [3.05, 3.63) is 0 Å². The molecule has 1 heterocycles. The van der Waals surface area contributed by atoms with Crippen molar-refractivity contribution in [2.75, 3.05) is 26.2 Å². The van der Waals surface area contributed by atoms with E-state index in [9.17, 15) is 0 Å². The molecule has 0 aromatic carbocycles. The fourth-order valence-electron chi connectivity index (χ4n) is 3.20. The normalized spacial score (nSPS) is 34.4. The molecule has 2 fully saturated rings. The summed E-state index contributed by atoms with van der Waals surface area (Å²) in [6.45, 7) is 6.63. The molecule has 0 radical (unpaired) electrons. The molecule has 0 bridgehead atoms. The smallest absolute Gasteiger partial charge is 0.0702 e. The van der Waals surface area contributed by atoms with E-state index in [-0.39, 0.29) is 0 Å². The molecule has 3 atom stereocenters. The maximum Gasteiger partial charge on any atom is 0.0702 e. The third kappa shape index (κ3) is 3.94. The Bertz CT molecular complexity index is 216. The van der Waals surface area contributed by atoms with E-state index in [4.69, 9.17) is 10.5 Å². The Morgan fingerprint density at radius 1 is 1.12 bits per heavy atom. The molecule has 1 saturated carbocycles. The molecule has 0 aromatic rings. The van der Waals surface area contributed by atoms with Crippen LogP contribution in [-0.2, 0) is 4.74 Å². The van der Waals surface area contributed by atoms with Crippen LogP contribution in [0.3, 0.4) is 0 Å². The first kappa shape index (κ1) is 13.3. The van der Waals surface area contributed by atoms with Crippen molar-refractivity contribution in [3.63, 3.8) is 0 Å². The second kappa shape index (κ2) is 6.72. The molecular formula is C14H28N2O. The van der Waals surface area contributed by atoms with Gasteiger partial charge in [-0.3, -0.25) is 0 Å².